The van der Waals surface area contributed by atoms with E-state index in [9.17, 15) is 9.18 Å². The van der Waals surface area contributed by atoms with Crippen molar-refractivity contribution < 1.29 is 9.18 Å². The minimum atomic E-state index is -0.225. The second-order valence-corrected chi connectivity index (χ2v) is 6.09. The summed E-state index contributed by atoms with van der Waals surface area (Å²) in [7, 11) is 0. The van der Waals surface area contributed by atoms with Crippen LogP contribution in [-0.4, -0.2) is 30.4 Å². The molecular formula is C16H21FN2O. The molecule has 1 aromatic carbocycles. The van der Waals surface area contributed by atoms with E-state index < -0.39 is 0 Å². The van der Waals surface area contributed by atoms with Gasteiger partial charge in [0.25, 0.3) is 0 Å². The lowest BCUT2D eigenvalue weighted by molar-refractivity contribution is -0.136. The van der Waals surface area contributed by atoms with Gasteiger partial charge in [0.1, 0.15) is 5.82 Å². The summed E-state index contributed by atoms with van der Waals surface area (Å²) in [6.07, 6.45) is 1.84. The molecule has 108 valence electrons. The topological polar surface area (TPSA) is 32.3 Å². The molecule has 0 unspecified atom stereocenters. The third-order valence-corrected chi connectivity index (χ3v) is 4.44. The smallest absolute Gasteiger partial charge is 0.227 e. The first-order chi connectivity index (χ1) is 9.65. The molecule has 3 rings (SSSR count). The number of halogens is 1. The maximum Gasteiger partial charge on any atom is 0.227 e. The number of carbonyl (C=O) groups excluding carboxylic acids is 1. The first kappa shape index (κ1) is 13.6. The van der Waals surface area contributed by atoms with Crippen LogP contribution in [0.15, 0.2) is 24.3 Å². The third-order valence-electron chi connectivity index (χ3n) is 4.44. The summed E-state index contributed by atoms with van der Waals surface area (Å²) in [5.74, 6) is 0.573. The van der Waals surface area contributed by atoms with E-state index in [0.717, 1.165) is 38.0 Å². The Labute approximate surface area is 119 Å². The van der Waals surface area contributed by atoms with Crippen molar-refractivity contribution in [2.45, 2.75) is 25.8 Å². The average Bonchev–Trinajstić information content (AvgIpc) is 3.07. The van der Waals surface area contributed by atoms with Crippen LogP contribution in [0.4, 0.5) is 4.39 Å². The van der Waals surface area contributed by atoms with Gasteiger partial charge >= 0.3 is 0 Å². The summed E-state index contributed by atoms with van der Waals surface area (Å²) in [4.78, 5) is 14.6. The molecule has 1 amide bonds. The van der Waals surface area contributed by atoms with E-state index >= 15 is 0 Å². The van der Waals surface area contributed by atoms with Crippen molar-refractivity contribution >= 4 is 5.91 Å². The van der Waals surface area contributed by atoms with Crippen molar-refractivity contribution in [3.8, 4) is 0 Å². The normalized spacial score (nSPS) is 29.9. The number of hydrogen-bond acceptors (Lipinski definition) is 2. The van der Waals surface area contributed by atoms with Crippen molar-refractivity contribution in [1.29, 1.82) is 0 Å². The van der Waals surface area contributed by atoms with Crippen LogP contribution in [-0.2, 0) is 4.79 Å². The summed E-state index contributed by atoms with van der Waals surface area (Å²) in [5, 5.41) is 3.24. The molecule has 2 saturated heterocycles. The summed E-state index contributed by atoms with van der Waals surface area (Å²) in [6, 6.07) is 6.71. The zero-order valence-electron chi connectivity index (χ0n) is 11.8. The lowest BCUT2D eigenvalue weighted by Crippen LogP contribution is -2.37. The first-order valence-corrected chi connectivity index (χ1v) is 7.42. The zero-order valence-corrected chi connectivity index (χ0v) is 11.8. The minimum Gasteiger partial charge on any atom is -0.335 e. The highest BCUT2D eigenvalue weighted by atomic mass is 19.1. The molecule has 0 bridgehead atoms. The van der Waals surface area contributed by atoms with Crippen LogP contribution in [0.3, 0.4) is 0 Å². The minimum absolute atomic E-state index is 0.0359. The molecule has 20 heavy (non-hydrogen) atoms. The van der Waals surface area contributed by atoms with E-state index in [1.165, 1.54) is 6.07 Å². The van der Waals surface area contributed by atoms with Gasteiger partial charge in [-0.15, -0.1) is 0 Å². The maximum absolute atomic E-state index is 13.4. The second-order valence-electron chi connectivity index (χ2n) is 6.09. The number of nitrogens with one attached hydrogen (secondary N) is 1. The van der Waals surface area contributed by atoms with Crippen molar-refractivity contribution in [3.05, 3.63) is 35.6 Å². The monoisotopic (exact) mass is 276 g/mol. The third kappa shape index (κ3) is 2.57. The lowest BCUT2D eigenvalue weighted by Gasteiger charge is -2.27. The van der Waals surface area contributed by atoms with Gasteiger partial charge in [0.15, 0.2) is 0 Å². The quantitative estimate of drug-likeness (QED) is 0.899. The Bertz CT molecular complexity index is 499. The fourth-order valence-electron chi connectivity index (χ4n) is 3.42. The largest absolute Gasteiger partial charge is 0.335 e. The van der Waals surface area contributed by atoms with Gasteiger partial charge < -0.3 is 10.2 Å². The first-order valence-electron chi connectivity index (χ1n) is 7.42. The van der Waals surface area contributed by atoms with Gasteiger partial charge in [0, 0.05) is 13.1 Å². The number of rotatable bonds is 2. The lowest BCUT2D eigenvalue weighted by atomic mass is 10.00. The molecule has 0 saturated carbocycles. The summed E-state index contributed by atoms with van der Waals surface area (Å²) >= 11 is 0. The number of likely N-dealkylation sites (tertiary alicyclic amines) is 1. The summed E-state index contributed by atoms with van der Waals surface area (Å²) in [6.45, 7) is 4.65. The number of amides is 1. The molecule has 2 fully saturated rings. The zero-order chi connectivity index (χ0) is 14.1. The van der Waals surface area contributed by atoms with Gasteiger partial charge in [-0.2, -0.15) is 0 Å². The molecule has 3 atom stereocenters. The Hall–Kier alpha value is -1.42. The van der Waals surface area contributed by atoms with Crippen LogP contribution in [0.1, 0.15) is 31.4 Å². The molecule has 1 N–H and O–H groups in total. The van der Waals surface area contributed by atoms with Crippen molar-refractivity contribution in [3.63, 3.8) is 0 Å². The fraction of sp³-hybridized carbons (Fsp3) is 0.562. The Morgan fingerprint density at radius 2 is 2.30 bits per heavy atom. The van der Waals surface area contributed by atoms with Crippen LogP contribution in [0.25, 0.3) is 0 Å². The highest BCUT2D eigenvalue weighted by molar-refractivity contribution is 5.80. The molecule has 0 radical (unpaired) electrons. The van der Waals surface area contributed by atoms with E-state index in [0.29, 0.717) is 5.92 Å². The van der Waals surface area contributed by atoms with E-state index in [1.54, 1.807) is 12.1 Å². The molecule has 4 heteroatoms. The van der Waals surface area contributed by atoms with Gasteiger partial charge in [0.2, 0.25) is 5.91 Å². The highest BCUT2D eigenvalue weighted by Gasteiger charge is 2.37. The van der Waals surface area contributed by atoms with Crippen LogP contribution >= 0.6 is 0 Å². The highest BCUT2D eigenvalue weighted by Crippen LogP contribution is 2.36. The van der Waals surface area contributed by atoms with Gasteiger partial charge in [-0.1, -0.05) is 19.1 Å². The Morgan fingerprint density at radius 1 is 1.45 bits per heavy atom. The number of carbonyl (C=O) groups is 1. The molecule has 3 nitrogen and oxygen atoms in total. The van der Waals surface area contributed by atoms with E-state index in [2.05, 4.69) is 12.2 Å². The maximum atomic E-state index is 13.4. The van der Waals surface area contributed by atoms with Crippen molar-refractivity contribution in [2.24, 2.45) is 11.8 Å². The Kier molecular flexibility index (Phi) is 3.74. The van der Waals surface area contributed by atoms with E-state index in [-0.39, 0.29) is 23.7 Å². The SMILES string of the molecule is C[C@@H]1C[C@H](c2cccc(F)c2)N(C(=O)[C@@H]2CCNC2)C1. The second kappa shape index (κ2) is 5.52. The van der Waals surface area contributed by atoms with Crippen LogP contribution in [0.5, 0.6) is 0 Å². The van der Waals surface area contributed by atoms with E-state index in [1.807, 2.05) is 11.0 Å². The van der Waals surface area contributed by atoms with Crippen molar-refractivity contribution in [1.82, 2.24) is 10.2 Å². The summed E-state index contributed by atoms with van der Waals surface area (Å²) in [5.41, 5.74) is 0.925. The number of nitrogens with zero attached hydrogens (tertiary/aromatic N) is 1. The van der Waals surface area contributed by atoms with Crippen LogP contribution < -0.4 is 5.32 Å². The van der Waals surface area contributed by atoms with Gasteiger partial charge in [0.05, 0.1) is 12.0 Å². The molecule has 0 aromatic heterocycles. The predicted molar refractivity (Wildman–Crippen MR) is 75.6 cm³/mol. The average molecular weight is 276 g/mol. The Balaban J connectivity index is 1.83. The molecular weight excluding hydrogens is 255 g/mol. The van der Waals surface area contributed by atoms with Gasteiger partial charge in [-0.05, 0) is 43.0 Å². The van der Waals surface area contributed by atoms with Gasteiger partial charge in [-0.25, -0.2) is 4.39 Å². The van der Waals surface area contributed by atoms with E-state index in [4.69, 9.17) is 0 Å². The number of benzene rings is 1. The Morgan fingerprint density at radius 3 is 3.00 bits per heavy atom. The molecule has 0 aliphatic carbocycles. The standard InChI is InChI=1S/C16H21FN2O/c1-11-7-15(12-3-2-4-14(17)8-12)19(10-11)16(20)13-5-6-18-9-13/h2-4,8,11,13,15,18H,5-7,9-10H2,1H3/t11-,13-,15-/m1/s1. The fourth-order valence-corrected chi connectivity index (χ4v) is 3.42. The van der Waals surface area contributed by atoms with Crippen LogP contribution in [0, 0.1) is 17.7 Å². The summed E-state index contributed by atoms with van der Waals surface area (Å²) < 4.78 is 13.4. The number of hydrogen-bond donors (Lipinski definition) is 1. The molecule has 0 spiro atoms. The molecule has 2 aliphatic heterocycles. The molecule has 2 heterocycles. The molecule has 1 aromatic rings. The molecule has 2 aliphatic rings. The predicted octanol–water partition coefficient (Wildman–Crippen LogP) is 2.34. The van der Waals surface area contributed by atoms with Gasteiger partial charge in [-0.3, -0.25) is 4.79 Å². The van der Waals surface area contributed by atoms with Crippen LogP contribution in [0.2, 0.25) is 0 Å². The van der Waals surface area contributed by atoms with Crippen molar-refractivity contribution in [2.75, 3.05) is 19.6 Å².